The molecule has 0 radical (unpaired) electrons. The molecule has 1 aromatic carbocycles. The lowest BCUT2D eigenvalue weighted by Crippen LogP contribution is -2.04. The predicted octanol–water partition coefficient (Wildman–Crippen LogP) is 5.58. The van der Waals surface area contributed by atoms with Crippen molar-refractivity contribution in [1.82, 2.24) is 4.98 Å². The van der Waals surface area contributed by atoms with Crippen molar-refractivity contribution < 1.29 is 4.79 Å². The minimum absolute atomic E-state index is 0.149. The van der Waals surface area contributed by atoms with Crippen LogP contribution in [-0.2, 0) is 4.79 Å². The van der Waals surface area contributed by atoms with Crippen molar-refractivity contribution in [3.8, 4) is 10.6 Å². The number of aromatic nitrogens is 1. The first kappa shape index (κ1) is 17.9. The fourth-order valence-corrected chi connectivity index (χ4v) is 4.07. The Balaban J connectivity index is 1.80. The zero-order valence-electron chi connectivity index (χ0n) is 12.9. The number of thiophene rings is 1. The molecule has 128 valence electrons. The van der Waals surface area contributed by atoms with Crippen LogP contribution >= 0.6 is 45.9 Å². The highest BCUT2D eigenvalue weighted by molar-refractivity contribution is 7.21. The minimum Gasteiger partial charge on any atom is -0.316 e. The summed E-state index contributed by atoms with van der Waals surface area (Å²) in [6.07, 6.45) is 1.59. The number of carbonyl (C=O) groups excluding carboxylic acids is 1. The van der Waals surface area contributed by atoms with Gasteiger partial charge >= 0.3 is 0 Å². The minimum atomic E-state index is -0.149. The van der Waals surface area contributed by atoms with Crippen molar-refractivity contribution in [1.29, 1.82) is 0 Å². The molecule has 0 unspecified atom stereocenters. The molecule has 3 rings (SSSR count). The summed E-state index contributed by atoms with van der Waals surface area (Å²) in [5.74, 6) is -0.149. The smallest absolute Gasteiger partial charge is 0.221 e. The average molecular weight is 411 g/mol. The number of nitrogens with one attached hydrogen (secondary N) is 2. The Bertz CT molecular complexity index is 922. The van der Waals surface area contributed by atoms with E-state index in [0.29, 0.717) is 20.2 Å². The summed E-state index contributed by atoms with van der Waals surface area (Å²) in [6.45, 7) is 1.46. The Morgan fingerprint density at radius 2 is 2.16 bits per heavy atom. The van der Waals surface area contributed by atoms with E-state index in [9.17, 15) is 4.79 Å². The quantitative estimate of drug-likeness (QED) is 0.425. The van der Waals surface area contributed by atoms with Gasteiger partial charge in [0.25, 0.3) is 0 Å². The van der Waals surface area contributed by atoms with E-state index in [2.05, 4.69) is 20.8 Å². The number of rotatable bonds is 5. The van der Waals surface area contributed by atoms with E-state index in [1.54, 1.807) is 35.8 Å². The molecule has 9 heteroatoms. The van der Waals surface area contributed by atoms with E-state index in [4.69, 9.17) is 23.2 Å². The number of nitrogens with zero attached hydrogens (tertiary/aromatic N) is 2. The second kappa shape index (κ2) is 7.97. The Morgan fingerprint density at radius 1 is 1.32 bits per heavy atom. The summed E-state index contributed by atoms with van der Waals surface area (Å²) in [6, 6.07) is 9.05. The predicted molar refractivity (Wildman–Crippen MR) is 107 cm³/mol. The van der Waals surface area contributed by atoms with Gasteiger partial charge in [0.2, 0.25) is 11.0 Å². The third-order valence-electron chi connectivity index (χ3n) is 3.00. The zero-order chi connectivity index (χ0) is 17.8. The summed E-state index contributed by atoms with van der Waals surface area (Å²) in [5.41, 5.74) is 4.32. The molecule has 0 saturated carbocycles. The van der Waals surface area contributed by atoms with Crippen LogP contribution in [0.4, 0.5) is 10.1 Å². The van der Waals surface area contributed by atoms with Crippen LogP contribution in [0.5, 0.6) is 0 Å². The van der Waals surface area contributed by atoms with Gasteiger partial charge in [-0.2, -0.15) is 5.10 Å². The van der Waals surface area contributed by atoms with Crippen LogP contribution in [0.25, 0.3) is 10.6 Å². The van der Waals surface area contributed by atoms with Crippen molar-refractivity contribution in [3.05, 3.63) is 51.3 Å². The van der Waals surface area contributed by atoms with E-state index in [1.807, 2.05) is 17.5 Å². The van der Waals surface area contributed by atoms with Crippen LogP contribution < -0.4 is 10.7 Å². The maximum Gasteiger partial charge on any atom is 0.221 e. The first-order valence-electron chi connectivity index (χ1n) is 7.09. The van der Waals surface area contributed by atoms with Gasteiger partial charge in [-0.25, -0.2) is 4.98 Å². The van der Waals surface area contributed by atoms with Crippen LogP contribution in [0.3, 0.4) is 0 Å². The summed E-state index contributed by atoms with van der Waals surface area (Å²) >= 11 is 14.8. The fourth-order valence-electron chi connectivity index (χ4n) is 1.96. The lowest BCUT2D eigenvalue weighted by atomic mass is 10.2. The van der Waals surface area contributed by atoms with Crippen LogP contribution in [-0.4, -0.2) is 17.1 Å². The van der Waals surface area contributed by atoms with Crippen LogP contribution in [0.2, 0.25) is 10.0 Å². The van der Waals surface area contributed by atoms with Crippen LogP contribution in [0.1, 0.15) is 12.5 Å². The molecule has 2 aromatic heterocycles. The van der Waals surface area contributed by atoms with Crippen molar-refractivity contribution in [2.75, 3.05) is 10.7 Å². The number of benzene rings is 1. The molecule has 0 spiro atoms. The van der Waals surface area contributed by atoms with E-state index in [-0.39, 0.29) is 5.91 Å². The second-order valence-corrected chi connectivity index (χ2v) is 7.68. The average Bonchev–Trinajstić information content (AvgIpc) is 3.18. The Labute approximate surface area is 162 Å². The van der Waals surface area contributed by atoms with E-state index < -0.39 is 0 Å². The number of amides is 1. The summed E-state index contributed by atoms with van der Waals surface area (Å²) in [5, 5.41) is 11.2. The molecule has 2 N–H and O–H groups in total. The van der Waals surface area contributed by atoms with E-state index in [0.717, 1.165) is 16.1 Å². The van der Waals surface area contributed by atoms with Gasteiger partial charge in [-0.3, -0.25) is 10.2 Å². The maximum absolute atomic E-state index is 11.4. The maximum atomic E-state index is 11.4. The lowest BCUT2D eigenvalue weighted by molar-refractivity contribution is -0.114. The molecule has 3 aromatic rings. The lowest BCUT2D eigenvalue weighted by Gasteiger charge is -1.99. The largest absolute Gasteiger partial charge is 0.316 e. The summed E-state index contributed by atoms with van der Waals surface area (Å²) in [4.78, 5) is 16.9. The SMILES string of the molecule is CC(=O)Nc1sc(N/N=C/c2ccc(Cl)cc2Cl)nc1-c1cccs1. The van der Waals surface area contributed by atoms with Gasteiger partial charge in [0.15, 0.2) is 0 Å². The Morgan fingerprint density at radius 3 is 2.84 bits per heavy atom. The number of carbonyl (C=O) groups is 1. The number of hydrazone groups is 1. The highest BCUT2D eigenvalue weighted by atomic mass is 35.5. The first-order valence-corrected chi connectivity index (χ1v) is 9.54. The Hall–Kier alpha value is -1.93. The van der Waals surface area contributed by atoms with Gasteiger partial charge in [-0.05, 0) is 23.6 Å². The molecule has 0 aliphatic heterocycles. The molecular formula is C16H12Cl2N4OS2. The van der Waals surface area contributed by atoms with Gasteiger partial charge in [0.1, 0.15) is 10.7 Å². The number of thiazole rings is 1. The van der Waals surface area contributed by atoms with Crippen molar-refractivity contribution in [3.63, 3.8) is 0 Å². The zero-order valence-corrected chi connectivity index (χ0v) is 16.1. The van der Waals surface area contributed by atoms with Gasteiger partial charge in [0.05, 0.1) is 16.1 Å². The van der Waals surface area contributed by atoms with E-state index >= 15 is 0 Å². The van der Waals surface area contributed by atoms with Gasteiger partial charge in [0, 0.05) is 17.5 Å². The normalized spacial score (nSPS) is 11.0. The molecular weight excluding hydrogens is 399 g/mol. The van der Waals surface area contributed by atoms with Gasteiger partial charge < -0.3 is 5.32 Å². The monoisotopic (exact) mass is 410 g/mol. The van der Waals surface area contributed by atoms with Crippen molar-refractivity contribution in [2.24, 2.45) is 5.10 Å². The first-order chi connectivity index (χ1) is 12.0. The molecule has 0 bridgehead atoms. The molecule has 1 amide bonds. The third-order valence-corrected chi connectivity index (χ3v) is 5.31. The van der Waals surface area contributed by atoms with Gasteiger partial charge in [-0.1, -0.05) is 46.7 Å². The number of halogens is 2. The third kappa shape index (κ3) is 4.58. The van der Waals surface area contributed by atoms with Crippen molar-refractivity contribution >= 4 is 68.1 Å². The number of hydrogen-bond donors (Lipinski definition) is 2. The molecule has 0 aliphatic rings. The highest BCUT2D eigenvalue weighted by Crippen LogP contribution is 2.37. The summed E-state index contributed by atoms with van der Waals surface area (Å²) in [7, 11) is 0. The standard InChI is InChI=1S/C16H12Cl2N4OS2/c1-9(23)20-15-14(13-3-2-6-24-13)21-16(25-15)22-19-8-10-4-5-11(17)7-12(10)18/h2-8H,1H3,(H,20,23)(H,21,22)/b19-8+. The second-order valence-electron chi connectivity index (χ2n) is 4.89. The molecule has 0 aliphatic carbocycles. The van der Waals surface area contributed by atoms with Crippen LogP contribution in [0.15, 0.2) is 40.8 Å². The summed E-state index contributed by atoms with van der Waals surface area (Å²) < 4.78 is 0. The Kier molecular flexibility index (Phi) is 5.70. The van der Waals surface area contributed by atoms with Crippen LogP contribution in [0, 0.1) is 0 Å². The molecule has 2 heterocycles. The molecule has 25 heavy (non-hydrogen) atoms. The van der Waals surface area contributed by atoms with Crippen molar-refractivity contribution in [2.45, 2.75) is 6.92 Å². The molecule has 5 nitrogen and oxygen atoms in total. The fraction of sp³-hybridized carbons (Fsp3) is 0.0625. The topological polar surface area (TPSA) is 66.4 Å². The molecule has 0 saturated heterocycles. The molecule has 0 atom stereocenters. The highest BCUT2D eigenvalue weighted by Gasteiger charge is 2.14. The molecule has 0 fully saturated rings. The number of anilines is 2. The van der Waals surface area contributed by atoms with Gasteiger partial charge in [-0.15, -0.1) is 11.3 Å². The van der Waals surface area contributed by atoms with E-state index in [1.165, 1.54) is 18.3 Å². The number of hydrogen-bond acceptors (Lipinski definition) is 6.